The van der Waals surface area contributed by atoms with Crippen LogP contribution >= 0.6 is 0 Å². The van der Waals surface area contributed by atoms with Gasteiger partial charge in [-0.3, -0.25) is 14.5 Å². The Kier molecular flexibility index (Phi) is 6.73. The number of piperazine rings is 1. The fourth-order valence-electron chi connectivity index (χ4n) is 3.41. The molecule has 1 saturated heterocycles. The number of hydrogen-bond acceptors (Lipinski definition) is 6. The fourth-order valence-corrected chi connectivity index (χ4v) is 3.41. The highest BCUT2D eigenvalue weighted by Gasteiger charge is 2.30. The summed E-state index contributed by atoms with van der Waals surface area (Å²) in [6, 6.07) is 10.8. The molecule has 0 unspecified atom stereocenters. The molecule has 8 nitrogen and oxygen atoms in total. The second kappa shape index (κ2) is 9.87. The Labute approximate surface area is 192 Å². The fraction of sp³-hybridized carbons (Fsp3) is 0.217. The van der Waals surface area contributed by atoms with E-state index in [9.17, 15) is 22.8 Å². The molecule has 3 aromatic rings. The number of benzene rings is 2. The molecule has 0 spiro atoms. The summed E-state index contributed by atoms with van der Waals surface area (Å²) in [5.74, 6) is 0.0664. The summed E-state index contributed by atoms with van der Waals surface area (Å²) in [7, 11) is 0. The number of amides is 2. The van der Waals surface area contributed by atoms with Gasteiger partial charge in [0.1, 0.15) is 23.5 Å². The normalized spacial score (nSPS) is 14.4. The standard InChI is InChI=1S/C23H20F3N5O3/c24-23(25,26)16-1-3-17(4-2-16)34-18-5-6-19(30-22(33)20-7-8-27-14-29-20)15(11-18)12-31-10-9-28-21(32)13-31/h1-8,11,14H,9-10,12-13H2,(H,28,32)(H,30,33). The number of nitrogens with one attached hydrogen (secondary N) is 2. The van der Waals surface area contributed by atoms with Crippen LogP contribution in [0.25, 0.3) is 0 Å². The van der Waals surface area contributed by atoms with Crippen molar-refractivity contribution in [2.45, 2.75) is 12.7 Å². The largest absolute Gasteiger partial charge is 0.457 e. The Morgan fingerprint density at radius 2 is 1.88 bits per heavy atom. The predicted octanol–water partition coefficient (Wildman–Crippen LogP) is 3.47. The molecule has 0 aliphatic carbocycles. The second-order valence-corrected chi connectivity index (χ2v) is 7.55. The van der Waals surface area contributed by atoms with Gasteiger partial charge in [-0.15, -0.1) is 0 Å². The van der Waals surface area contributed by atoms with Gasteiger partial charge >= 0.3 is 6.18 Å². The molecule has 2 heterocycles. The van der Waals surface area contributed by atoms with E-state index < -0.39 is 17.6 Å². The number of carbonyl (C=O) groups is 2. The maximum atomic E-state index is 12.8. The first-order valence-corrected chi connectivity index (χ1v) is 10.3. The predicted molar refractivity (Wildman–Crippen MR) is 116 cm³/mol. The minimum absolute atomic E-state index is 0.102. The second-order valence-electron chi connectivity index (χ2n) is 7.55. The number of hydrogen-bond donors (Lipinski definition) is 2. The average molecular weight is 471 g/mol. The van der Waals surface area contributed by atoms with Gasteiger partial charge in [0.15, 0.2) is 0 Å². The lowest BCUT2D eigenvalue weighted by molar-refractivity contribution is -0.137. The third kappa shape index (κ3) is 5.87. The molecule has 2 amide bonds. The van der Waals surface area contributed by atoms with Crippen molar-refractivity contribution < 1.29 is 27.5 Å². The topological polar surface area (TPSA) is 96.5 Å². The molecule has 34 heavy (non-hydrogen) atoms. The van der Waals surface area contributed by atoms with Crippen molar-refractivity contribution in [1.82, 2.24) is 20.2 Å². The molecule has 0 bridgehead atoms. The van der Waals surface area contributed by atoms with Crippen LogP contribution in [0.1, 0.15) is 21.6 Å². The maximum Gasteiger partial charge on any atom is 0.416 e. The van der Waals surface area contributed by atoms with E-state index in [1.807, 2.05) is 4.90 Å². The molecule has 1 aliphatic heterocycles. The SMILES string of the molecule is O=C1CN(Cc2cc(Oc3ccc(C(F)(F)F)cc3)ccc2NC(=O)c2ccncn2)CCN1. The summed E-state index contributed by atoms with van der Waals surface area (Å²) in [5, 5.41) is 5.56. The average Bonchev–Trinajstić information content (AvgIpc) is 2.81. The molecule has 2 aromatic carbocycles. The zero-order valence-corrected chi connectivity index (χ0v) is 17.8. The smallest absolute Gasteiger partial charge is 0.416 e. The highest BCUT2D eigenvalue weighted by Crippen LogP contribution is 2.32. The highest BCUT2D eigenvalue weighted by molar-refractivity contribution is 6.03. The van der Waals surface area contributed by atoms with Gasteiger partial charge in [0, 0.05) is 31.5 Å². The number of carbonyl (C=O) groups excluding carboxylic acids is 2. The third-order valence-electron chi connectivity index (χ3n) is 5.07. The number of anilines is 1. The lowest BCUT2D eigenvalue weighted by atomic mass is 10.1. The Balaban J connectivity index is 1.57. The van der Waals surface area contributed by atoms with Crippen molar-refractivity contribution in [2.75, 3.05) is 25.0 Å². The zero-order valence-electron chi connectivity index (χ0n) is 17.8. The van der Waals surface area contributed by atoms with Gasteiger partial charge in [-0.2, -0.15) is 13.2 Å². The van der Waals surface area contributed by atoms with Crippen LogP contribution in [0, 0.1) is 0 Å². The molecular formula is C23H20F3N5O3. The van der Waals surface area contributed by atoms with Crippen LogP contribution in [0.5, 0.6) is 11.5 Å². The van der Waals surface area contributed by atoms with E-state index in [1.165, 1.54) is 30.7 Å². The molecule has 1 aliphatic rings. The minimum Gasteiger partial charge on any atom is -0.457 e. The van der Waals surface area contributed by atoms with Crippen LogP contribution in [0.4, 0.5) is 18.9 Å². The summed E-state index contributed by atoms with van der Waals surface area (Å²) in [6.45, 7) is 1.67. The van der Waals surface area contributed by atoms with Crippen LogP contribution in [0.2, 0.25) is 0 Å². The van der Waals surface area contributed by atoms with Crippen molar-refractivity contribution in [3.63, 3.8) is 0 Å². The van der Waals surface area contributed by atoms with Gasteiger partial charge in [0.05, 0.1) is 12.1 Å². The van der Waals surface area contributed by atoms with Gasteiger partial charge in [-0.1, -0.05) is 0 Å². The van der Waals surface area contributed by atoms with E-state index in [4.69, 9.17) is 4.74 Å². The summed E-state index contributed by atoms with van der Waals surface area (Å²) in [4.78, 5) is 34.0. The summed E-state index contributed by atoms with van der Waals surface area (Å²) < 4.78 is 44.2. The van der Waals surface area contributed by atoms with Gasteiger partial charge in [-0.05, 0) is 54.1 Å². The first-order chi connectivity index (χ1) is 16.3. The van der Waals surface area contributed by atoms with Gasteiger partial charge in [0.25, 0.3) is 5.91 Å². The first-order valence-electron chi connectivity index (χ1n) is 10.3. The molecule has 1 aromatic heterocycles. The first kappa shape index (κ1) is 23.2. The Morgan fingerprint density at radius 3 is 2.56 bits per heavy atom. The molecule has 0 radical (unpaired) electrons. The number of rotatable bonds is 6. The third-order valence-corrected chi connectivity index (χ3v) is 5.07. The van der Waals surface area contributed by atoms with Crippen LogP contribution < -0.4 is 15.4 Å². The molecule has 0 atom stereocenters. The van der Waals surface area contributed by atoms with Crippen LogP contribution in [-0.2, 0) is 17.5 Å². The lowest BCUT2D eigenvalue weighted by Gasteiger charge is -2.27. The van der Waals surface area contributed by atoms with E-state index in [0.717, 1.165) is 12.1 Å². The number of nitrogens with zero attached hydrogens (tertiary/aromatic N) is 3. The van der Waals surface area contributed by atoms with Crippen molar-refractivity contribution in [3.05, 3.63) is 77.9 Å². The van der Waals surface area contributed by atoms with Crippen molar-refractivity contribution in [1.29, 1.82) is 0 Å². The van der Waals surface area contributed by atoms with E-state index in [1.54, 1.807) is 18.2 Å². The highest BCUT2D eigenvalue weighted by atomic mass is 19.4. The van der Waals surface area contributed by atoms with E-state index in [-0.39, 0.29) is 23.9 Å². The van der Waals surface area contributed by atoms with Crippen molar-refractivity contribution >= 4 is 17.5 Å². The molecule has 11 heteroatoms. The Morgan fingerprint density at radius 1 is 1.12 bits per heavy atom. The molecule has 1 fully saturated rings. The maximum absolute atomic E-state index is 12.8. The van der Waals surface area contributed by atoms with Gasteiger partial charge in [-0.25, -0.2) is 9.97 Å². The monoisotopic (exact) mass is 471 g/mol. The van der Waals surface area contributed by atoms with E-state index in [2.05, 4.69) is 20.6 Å². The van der Waals surface area contributed by atoms with E-state index >= 15 is 0 Å². The molecule has 176 valence electrons. The minimum atomic E-state index is -4.43. The van der Waals surface area contributed by atoms with Gasteiger partial charge in [0.2, 0.25) is 5.91 Å². The number of aromatic nitrogens is 2. The van der Waals surface area contributed by atoms with Crippen LogP contribution in [-0.4, -0.2) is 46.3 Å². The van der Waals surface area contributed by atoms with E-state index in [0.29, 0.717) is 36.6 Å². The molecule has 4 rings (SSSR count). The van der Waals surface area contributed by atoms with Crippen molar-refractivity contribution in [2.24, 2.45) is 0 Å². The molecule has 2 N–H and O–H groups in total. The summed E-state index contributed by atoms with van der Waals surface area (Å²) >= 11 is 0. The molecule has 0 saturated carbocycles. The Hall–Kier alpha value is -3.99. The number of alkyl halides is 3. The summed E-state index contributed by atoms with van der Waals surface area (Å²) in [5.41, 5.74) is 0.575. The van der Waals surface area contributed by atoms with Crippen molar-refractivity contribution in [3.8, 4) is 11.5 Å². The quantitative estimate of drug-likeness (QED) is 0.572. The summed E-state index contributed by atoms with van der Waals surface area (Å²) in [6.07, 6.45) is -1.71. The Bertz CT molecular complexity index is 1170. The van der Waals surface area contributed by atoms with Crippen LogP contribution in [0.15, 0.2) is 61.1 Å². The van der Waals surface area contributed by atoms with Gasteiger partial charge < -0.3 is 15.4 Å². The lowest BCUT2D eigenvalue weighted by Crippen LogP contribution is -2.47. The molecular weight excluding hydrogens is 451 g/mol. The zero-order chi connectivity index (χ0) is 24.1. The number of ether oxygens (including phenoxy) is 1. The number of halogens is 3. The van der Waals surface area contributed by atoms with Crippen LogP contribution in [0.3, 0.4) is 0 Å².